The molecule has 15 nitrogen and oxygen atoms in total. The molecule has 1 atom stereocenters. The van der Waals surface area contributed by atoms with Gasteiger partial charge >= 0.3 is 29.8 Å². The zero-order chi connectivity index (χ0) is 46.1. The van der Waals surface area contributed by atoms with Gasteiger partial charge in [0.15, 0.2) is 12.2 Å². The summed E-state index contributed by atoms with van der Waals surface area (Å²) in [4.78, 5) is 91.1. The highest BCUT2D eigenvalue weighted by molar-refractivity contribution is 8.13. The summed E-state index contributed by atoms with van der Waals surface area (Å²) in [5.74, 6) is -2.22. The van der Waals surface area contributed by atoms with Crippen LogP contribution in [-0.4, -0.2) is 129 Å². The first kappa shape index (κ1) is 58.6. The number of hydrogen-bond donors (Lipinski definition) is 0. The van der Waals surface area contributed by atoms with Crippen LogP contribution in [0.3, 0.4) is 0 Å². The van der Waals surface area contributed by atoms with Gasteiger partial charge in [0.1, 0.15) is 26.4 Å². The molecule has 1 unspecified atom stereocenters. The van der Waals surface area contributed by atoms with Crippen LogP contribution in [0.2, 0.25) is 0 Å². The fourth-order valence-electron chi connectivity index (χ4n) is 6.17. The molecule has 0 N–H and O–H groups in total. The lowest BCUT2D eigenvalue weighted by atomic mass is 10.1. The predicted octanol–water partition coefficient (Wildman–Crippen LogP) is 8.75. The Morgan fingerprint density at radius 1 is 0.468 bits per heavy atom. The molecule has 0 aliphatic rings. The molecule has 0 fully saturated rings. The van der Waals surface area contributed by atoms with E-state index >= 15 is 0 Å². The van der Waals surface area contributed by atoms with E-state index in [-0.39, 0.29) is 83.3 Å². The monoisotopic (exact) mass is 903 g/mol. The number of nitrogens with zero attached hydrogens (tertiary/aromatic N) is 2. The molecule has 0 aromatic carbocycles. The first-order valence-electron chi connectivity index (χ1n) is 23.4. The molecule has 0 aliphatic carbocycles. The summed E-state index contributed by atoms with van der Waals surface area (Å²) in [6, 6.07) is 0. The molecule has 0 spiro atoms. The molecule has 0 saturated carbocycles. The second-order valence-corrected chi connectivity index (χ2v) is 17.1. The van der Waals surface area contributed by atoms with Crippen molar-refractivity contribution in [1.82, 2.24) is 9.80 Å². The van der Waals surface area contributed by atoms with Gasteiger partial charge in [-0.1, -0.05) is 129 Å². The van der Waals surface area contributed by atoms with Crippen molar-refractivity contribution in [2.45, 2.75) is 187 Å². The molecule has 360 valence electrons. The highest BCUT2D eigenvalue weighted by atomic mass is 32.2. The molecule has 62 heavy (non-hydrogen) atoms. The van der Waals surface area contributed by atoms with E-state index in [0.29, 0.717) is 25.0 Å². The first-order valence-corrected chi connectivity index (χ1v) is 24.4. The third-order valence-electron chi connectivity index (χ3n) is 9.85. The minimum Gasteiger partial charge on any atom is -0.464 e. The zero-order valence-electron chi connectivity index (χ0n) is 39.0. The van der Waals surface area contributed by atoms with E-state index in [1.807, 2.05) is 19.0 Å². The average Bonchev–Trinajstić information content (AvgIpc) is 3.24. The quantitative estimate of drug-likeness (QED) is 0.0245. The lowest BCUT2D eigenvalue weighted by molar-refractivity contribution is -0.167. The van der Waals surface area contributed by atoms with E-state index in [1.54, 1.807) is 0 Å². The topological polar surface area (TPSA) is 181 Å². The van der Waals surface area contributed by atoms with Crippen LogP contribution < -0.4 is 0 Å². The number of thioether (sulfide) groups is 1. The van der Waals surface area contributed by atoms with Crippen molar-refractivity contribution in [3.63, 3.8) is 0 Å². The molecular formula is C46H82N2O13S. The summed E-state index contributed by atoms with van der Waals surface area (Å²) in [5.41, 5.74) is 0. The minimum absolute atomic E-state index is 0.0955. The number of ether oxygens (including phenoxy) is 6. The average molecular weight is 903 g/mol. The lowest BCUT2D eigenvalue weighted by Crippen LogP contribution is -2.36. The molecule has 0 rings (SSSR count). The van der Waals surface area contributed by atoms with Crippen LogP contribution in [0.25, 0.3) is 0 Å². The lowest BCUT2D eigenvalue weighted by Gasteiger charge is -2.23. The maximum absolute atomic E-state index is 13.4. The Morgan fingerprint density at radius 3 is 1.21 bits per heavy atom. The van der Waals surface area contributed by atoms with E-state index in [2.05, 4.69) is 20.8 Å². The van der Waals surface area contributed by atoms with Gasteiger partial charge in [-0.3, -0.25) is 33.6 Å². The van der Waals surface area contributed by atoms with E-state index in [0.717, 1.165) is 121 Å². The van der Waals surface area contributed by atoms with Crippen molar-refractivity contribution in [1.29, 1.82) is 0 Å². The van der Waals surface area contributed by atoms with Crippen molar-refractivity contribution in [2.75, 3.05) is 65.9 Å². The highest BCUT2D eigenvalue weighted by Crippen LogP contribution is 2.15. The Balaban J connectivity index is 5.47. The van der Waals surface area contributed by atoms with Crippen LogP contribution in [0.5, 0.6) is 0 Å². The number of esters is 5. The molecule has 16 heteroatoms. The van der Waals surface area contributed by atoms with Gasteiger partial charge in [-0.05, 0) is 46.3 Å². The summed E-state index contributed by atoms with van der Waals surface area (Å²) in [6.07, 6.45) is 16.9. The maximum atomic E-state index is 13.4. The number of hydrogen-bond acceptors (Lipinski definition) is 15. The third-order valence-corrected chi connectivity index (χ3v) is 10.8. The number of unbranched alkanes of at least 4 members (excludes halogenated alkanes) is 15. The van der Waals surface area contributed by atoms with Crippen molar-refractivity contribution >= 4 is 53.3 Å². The third kappa shape index (κ3) is 37.2. The number of rotatable bonds is 42. The van der Waals surface area contributed by atoms with Gasteiger partial charge in [-0.15, -0.1) is 0 Å². The van der Waals surface area contributed by atoms with Crippen molar-refractivity contribution in [3.05, 3.63) is 0 Å². The van der Waals surface area contributed by atoms with Gasteiger partial charge < -0.3 is 38.2 Å². The molecular weight excluding hydrogens is 821 g/mol. The van der Waals surface area contributed by atoms with Gasteiger partial charge in [0.05, 0.1) is 12.8 Å². The summed E-state index contributed by atoms with van der Waals surface area (Å²) in [7, 11) is 3.86. The van der Waals surface area contributed by atoms with Gasteiger partial charge in [0.2, 0.25) is 0 Å². The maximum Gasteiger partial charge on any atom is 0.308 e. The Hall–Kier alpha value is -3.40. The van der Waals surface area contributed by atoms with E-state index in [1.165, 1.54) is 4.90 Å². The molecule has 0 aromatic rings. The molecule has 0 bridgehead atoms. The van der Waals surface area contributed by atoms with Gasteiger partial charge in [0, 0.05) is 38.1 Å². The molecule has 0 radical (unpaired) electrons. The van der Waals surface area contributed by atoms with Gasteiger partial charge in [0.25, 0.3) is 11.7 Å². The SMILES string of the molecule is CCCCCCCCC(=O)OCC(COC=O)OC(=O)CCN(CCC(=O)OC(COC(=O)CCCCCCCC)COC(=O)CCCCCCCC)C(=O)SCCCN(C)C. The van der Waals surface area contributed by atoms with Crippen molar-refractivity contribution in [3.8, 4) is 0 Å². The Morgan fingerprint density at radius 2 is 0.839 bits per heavy atom. The largest absolute Gasteiger partial charge is 0.464 e. The minimum atomic E-state index is -1.05. The number of amides is 1. The van der Waals surface area contributed by atoms with Crippen LogP contribution in [0.4, 0.5) is 4.79 Å². The number of carbonyl (C=O) groups is 7. The molecule has 0 aromatic heterocycles. The fourth-order valence-corrected chi connectivity index (χ4v) is 6.98. The molecule has 0 aliphatic heterocycles. The Bertz CT molecular complexity index is 1170. The summed E-state index contributed by atoms with van der Waals surface area (Å²) in [5, 5.41) is -0.349. The van der Waals surface area contributed by atoms with E-state index in [9.17, 15) is 33.6 Å². The predicted molar refractivity (Wildman–Crippen MR) is 240 cm³/mol. The van der Waals surface area contributed by atoms with E-state index in [4.69, 9.17) is 28.4 Å². The van der Waals surface area contributed by atoms with Gasteiger partial charge in [-0.25, -0.2) is 0 Å². The van der Waals surface area contributed by atoms with E-state index < -0.39 is 42.1 Å². The summed E-state index contributed by atoms with van der Waals surface area (Å²) >= 11 is 1.06. The Labute approximate surface area is 377 Å². The van der Waals surface area contributed by atoms with Crippen LogP contribution in [-0.2, 0) is 57.2 Å². The first-order chi connectivity index (χ1) is 29.9. The van der Waals surface area contributed by atoms with Crippen molar-refractivity contribution < 1.29 is 62.0 Å². The van der Waals surface area contributed by atoms with Gasteiger partial charge in [-0.2, -0.15) is 0 Å². The smallest absolute Gasteiger partial charge is 0.308 e. The van der Waals surface area contributed by atoms with Crippen molar-refractivity contribution in [2.24, 2.45) is 0 Å². The Kier molecular flexibility index (Phi) is 39.3. The van der Waals surface area contributed by atoms with Crippen LogP contribution in [0, 0.1) is 0 Å². The van der Waals surface area contributed by atoms with Crippen LogP contribution in [0.15, 0.2) is 0 Å². The number of carbonyl (C=O) groups excluding carboxylic acids is 7. The standard InChI is InChI=1S/C46H82N2O13S/c1-6-9-12-15-18-21-25-41(50)57-35-39(34-56-38-49)60-44(53)28-31-48(46(55)62-33-24-30-47(4)5)32-29-45(54)61-40(36-58-42(51)26-22-19-16-13-10-7-2)37-59-43(52)27-23-20-17-14-11-8-3/h38-40H,6-37H2,1-5H3. The molecule has 1 amide bonds. The van der Waals surface area contributed by atoms with Crippen LogP contribution >= 0.6 is 11.8 Å². The highest BCUT2D eigenvalue weighted by Gasteiger charge is 2.24. The summed E-state index contributed by atoms with van der Waals surface area (Å²) < 4.78 is 32.1. The molecule has 0 heterocycles. The summed E-state index contributed by atoms with van der Waals surface area (Å²) in [6.45, 7) is 6.00. The zero-order valence-corrected chi connectivity index (χ0v) is 39.8. The molecule has 0 saturated heterocycles. The second kappa shape index (κ2) is 41.6. The second-order valence-electron chi connectivity index (χ2n) is 16.0. The fraction of sp³-hybridized carbons (Fsp3) is 0.848. The normalized spacial score (nSPS) is 11.5. The van der Waals surface area contributed by atoms with Crippen LogP contribution in [0.1, 0.15) is 175 Å².